The Hall–Kier alpha value is -2.02. The third-order valence-electron chi connectivity index (χ3n) is 3.02. The standard InChI is InChI=1S/C15H17F2N3OS/c1-9(14-19-10(2)8-22-14)7-18-15(21)20-12-5-3-4-11(6-12)13(16)17/h3-6,8-9,13H,7H2,1-2H3,(H2,18,20,21)/t9-/m0/s1. The van der Waals surface area contributed by atoms with Gasteiger partial charge >= 0.3 is 6.03 Å². The first kappa shape index (κ1) is 16.4. The number of carbonyl (C=O) groups excluding carboxylic acids is 1. The summed E-state index contributed by atoms with van der Waals surface area (Å²) in [4.78, 5) is 16.2. The zero-order chi connectivity index (χ0) is 16.1. The summed E-state index contributed by atoms with van der Waals surface area (Å²) in [7, 11) is 0. The minimum Gasteiger partial charge on any atom is -0.337 e. The van der Waals surface area contributed by atoms with Gasteiger partial charge in [-0.2, -0.15) is 0 Å². The van der Waals surface area contributed by atoms with E-state index in [9.17, 15) is 13.6 Å². The number of alkyl halides is 2. The van der Waals surface area contributed by atoms with Crippen molar-refractivity contribution in [3.05, 3.63) is 45.9 Å². The molecule has 2 amide bonds. The average Bonchev–Trinajstić information content (AvgIpc) is 2.91. The molecular weight excluding hydrogens is 308 g/mol. The van der Waals surface area contributed by atoms with Gasteiger partial charge in [0, 0.05) is 34.8 Å². The minimum atomic E-state index is -2.56. The molecule has 4 nitrogen and oxygen atoms in total. The van der Waals surface area contributed by atoms with Gasteiger partial charge in [0.05, 0.1) is 5.01 Å². The van der Waals surface area contributed by atoms with Gasteiger partial charge in [-0.25, -0.2) is 18.6 Å². The van der Waals surface area contributed by atoms with Gasteiger partial charge in [-0.15, -0.1) is 11.3 Å². The lowest BCUT2D eigenvalue weighted by molar-refractivity contribution is 0.151. The second-order valence-electron chi connectivity index (χ2n) is 4.99. The van der Waals surface area contributed by atoms with Crippen LogP contribution in [0.25, 0.3) is 0 Å². The summed E-state index contributed by atoms with van der Waals surface area (Å²) >= 11 is 1.55. The van der Waals surface area contributed by atoms with E-state index in [-0.39, 0.29) is 11.5 Å². The predicted molar refractivity (Wildman–Crippen MR) is 83.7 cm³/mol. The number of aromatic nitrogens is 1. The molecule has 0 bridgehead atoms. The van der Waals surface area contributed by atoms with E-state index in [0.717, 1.165) is 10.7 Å². The van der Waals surface area contributed by atoms with Gasteiger partial charge in [0.1, 0.15) is 0 Å². The van der Waals surface area contributed by atoms with Crippen LogP contribution in [-0.2, 0) is 0 Å². The number of nitrogens with zero attached hydrogens (tertiary/aromatic N) is 1. The summed E-state index contributed by atoms with van der Waals surface area (Å²) < 4.78 is 25.2. The Bertz CT molecular complexity index is 645. The largest absolute Gasteiger partial charge is 0.337 e. The fraction of sp³-hybridized carbons (Fsp3) is 0.333. The van der Waals surface area contributed by atoms with Crippen LogP contribution in [-0.4, -0.2) is 17.6 Å². The first-order chi connectivity index (χ1) is 10.5. The summed E-state index contributed by atoms with van der Waals surface area (Å²) in [6, 6.07) is 5.21. The number of aryl methyl sites for hydroxylation is 1. The molecule has 0 radical (unpaired) electrons. The van der Waals surface area contributed by atoms with E-state index < -0.39 is 12.5 Å². The Morgan fingerprint density at radius 2 is 2.18 bits per heavy atom. The van der Waals surface area contributed by atoms with Crippen molar-refractivity contribution in [2.45, 2.75) is 26.2 Å². The molecule has 2 rings (SSSR count). The normalized spacial score (nSPS) is 12.2. The van der Waals surface area contributed by atoms with Crippen molar-refractivity contribution in [2.24, 2.45) is 0 Å². The smallest absolute Gasteiger partial charge is 0.319 e. The lowest BCUT2D eigenvalue weighted by Crippen LogP contribution is -2.31. The Kier molecular flexibility index (Phi) is 5.43. The van der Waals surface area contributed by atoms with Gasteiger partial charge < -0.3 is 10.6 Å². The molecule has 2 aromatic rings. The van der Waals surface area contributed by atoms with Crippen LogP contribution < -0.4 is 10.6 Å². The van der Waals surface area contributed by atoms with Crippen LogP contribution in [0.2, 0.25) is 0 Å². The first-order valence-corrected chi connectivity index (χ1v) is 7.68. The predicted octanol–water partition coefficient (Wildman–Crippen LogP) is 4.31. The Morgan fingerprint density at radius 3 is 2.82 bits per heavy atom. The molecule has 118 valence electrons. The SMILES string of the molecule is Cc1csc([C@@H](C)CNC(=O)Nc2cccc(C(F)F)c2)n1. The van der Waals surface area contributed by atoms with E-state index >= 15 is 0 Å². The molecule has 0 fully saturated rings. The fourth-order valence-corrected chi connectivity index (χ4v) is 2.72. The molecular formula is C15H17F2N3OS. The number of benzene rings is 1. The second-order valence-corrected chi connectivity index (χ2v) is 5.88. The number of thiazole rings is 1. The maximum Gasteiger partial charge on any atom is 0.319 e. The monoisotopic (exact) mass is 325 g/mol. The highest BCUT2D eigenvalue weighted by atomic mass is 32.1. The molecule has 2 N–H and O–H groups in total. The van der Waals surface area contributed by atoms with E-state index in [1.165, 1.54) is 18.2 Å². The van der Waals surface area contributed by atoms with E-state index in [4.69, 9.17) is 0 Å². The van der Waals surface area contributed by atoms with Crippen molar-refractivity contribution < 1.29 is 13.6 Å². The summed E-state index contributed by atoms with van der Waals surface area (Å²) in [5.74, 6) is 0.0943. The van der Waals surface area contributed by atoms with Crippen molar-refractivity contribution >= 4 is 23.1 Å². The number of anilines is 1. The summed E-state index contributed by atoms with van der Waals surface area (Å²) in [5, 5.41) is 8.18. The molecule has 0 aliphatic heterocycles. The van der Waals surface area contributed by atoms with Gasteiger partial charge in [0.15, 0.2) is 0 Å². The number of hydrogen-bond acceptors (Lipinski definition) is 3. The zero-order valence-corrected chi connectivity index (χ0v) is 13.1. The number of nitrogens with one attached hydrogen (secondary N) is 2. The summed E-state index contributed by atoms with van der Waals surface area (Å²) in [6.07, 6.45) is -2.56. The molecule has 0 aliphatic rings. The molecule has 1 heterocycles. The molecule has 7 heteroatoms. The molecule has 0 spiro atoms. The lowest BCUT2D eigenvalue weighted by Gasteiger charge is -2.12. The summed E-state index contributed by atoms with van der Waals surface area (Å²) in [5.41, 5.74) is 1.18. The maximum absolute atomic E-state index is 12.6. The Labute approximate surface area is 131 Å². The highest BCUT2D eigenvalue weighted by Crippen LogP contribution is 2.22. The maximum atomic E-state index is 12.6. The molecule has 22 heavy (non-hydrogen) atoms. The summed E-state index contributed by atoms with van der Waals surface area (Å²) in [6.45, 7) is 4.31. The number of carbonyl (C=O) groups is 1. The molecule has 0 unspecified atom stereocenters. The number of hydrogen-bond donors (Lipinski definition) is 2. The van der Waals surface area contributed by atoms with Crippen LogP contribution in [0.15, 0.2) is 29.6 Å². The van der Waals surface area contributed by atoms with Crippen LogP contribution in [0.3, 0.4) is 0 Å². The van der Waals surface area contributed by atoms with Crippen LogP contribution in [0.1, 0.15) is 35.5 Å². The van der Waals surface area contributed by atoms with Crippen molar-refractivity contribution in [1.82, 2.24) is 10.3 Å². The molecule has 0 aliphatic carbocycles. The van der Waals surface area contributed by atoms with Gasteiger partial charge in [-0.1, -0.05) is 19.1 Å². The average molecular weight is 325 g/mol. The van der Waals surface area contributed by atoms with Crippen LogP contribution in [0.5, 0.6) is 0 Å². The third-order valence-corrected chi connectivity index (χ3v) is 4.22. The van der Waals surface area contributed by atoms with Crippen LogP contribution >= 0.6 is 11.3 Å². The quantitative estimate of drug-likeness (QED) is 0.860. The van der Waals surface area contributed by atoms with Crippen molar-refractivity contribution in [3.63, 3.8) is 0 Å². The van der Waals surface area contributed by atoms with Crippen LogP contribution in [0.4, 0.5) is 19.3 Å². The Balaban J connectivity index is 1.86. The van der Waals surface area contributed by atoms with Crippen molar-refractivity contribution in [3.8, 4) is 0 Å². The molecule has 1 atom stereocenters. The molecule has 0 saturated carbocycles. The van der Waals surface area contributed by atoms with Gasteiger partial charge in [-0.05, 0) is 19.1 Å². The third kappa shape index (κ3) is 4.49. The van der Waals surface area contributed by atoms with E-state index in [1.807, 2.05) is 19.2 Å². The number of rotatable bonds is 5. The molecule has 0 saturated heterocycles. The molecule has 1 aromatic heterocycles. The topological polar surface area (TPSA) is 54.0 Å². The van der Waals surface area contributed by atoms with E-state index in [0.29, 0.717) is 12.2 Å². The fourth-order valence-electron chi connectivity index (χ4n) is 1.86. The number of urea groups is 1. The molecule has 1 aromatic carbocycles. The van der Waals surface area contributed by atoms with E-state index in [2.05, 4.69) is 15.6 Å². The lowest BCUT2D eigenvalue weighted by atomic mass is 10.2. The van der Waals surface area contributed by atoms with E-state index in [1.54, 1.807) is 17.4 Å². The van der Waals surface area contributed by atoms with Crippen molar-refractivity contribution in [2.75, 3.05) is 11.9 Å². The van der Waals surface area contributed by atoms with Crippen LogP contribution in [0, 0.1) is 6.92 Å². The highest BCUT2D eigenvalue weighted by molar-refractivity contribution is 7.09. The number of halogens is 2. The Morgan fingerprint density at radius 1 is 1.41 bits per heavy atom. The number of amides is 2. The zero-order valence-electron chi connectivity index (χ0n) is 12.3. The van der Waals surface area contributed by atoms with Gasteiger partial charge in [0.25, 0.3) is 6.43 Å². The highest BCUT2D eigenvalue weighted by Gasteiger charge is 2.12. The van der Waals surface area contributed by atoms with Gasteiger partial charge in [-0.3, -0.25) is 0 Å². The van der Waals surface area contributed by atoms with Gasteiger partial charge in [0.2, 0.25) is 0 Å². The second kappa shape index (κ2) is 7.31. The van der Waals surface area contributed by atoms with Crippen molar-refractivity contribution in [1.29, 1.82) is 0 Å². The minimum absolute atomic E-state index is 0.0943. The first-order valence-electron chi connectivity index (χ1n) is 6.80.